The molecule has 0 bridgehead atoms. The molecule has 122 valence electrons. The van der Waals surface area contributed by atoms with Crippen molar-refractivity contribution in [1.29, 1.82) is 0 Å². The fraction of sp³-hybridized carbons (Fsp3) is 0.333. The lowest BCUT2D eigenvalue weighted by Gasteiger charge is -2.11. The van der Waals surface area contributed by atoms with Gasteiger partial charge in [0.2, 0.25) is 0 Å². The van der Waals surface area contributed by atoms with Crippen molar-refractivity contribution < 1.29 is 4.39 Å². The van der Waals surface area contributed by atoms with E-state index in [2.05, 4.69) is 20.6 Å². The Labute approximate surface area is 136 Å². The van der Waals surface area contributed by atoms with Gasteiger partial charge in [-0.25, -0.2) is 9.38 Å². The van der Waals surface area contributed by atoms with E-state index in [-0.39, 0.29) is 5.82 Å². The Hall–Kier alpha value is -2.43. The summed E-state index contributed by atoms with van der Waals surface area (Å²) < 4.78 is 13.6. The lowest BCUT2D eigenvalue weighted by Crippen LogP contribution is -2.38. The molecule has 0 aliphatic heterocycles. The minimum Gasteiger partial charge on any atom is -0.357 e. The average molecular weight is 314 g/mol. The number of halogens is 1. The molecule has 0 amide bonds. The van der Waals surface area contributed by atoms with Crippen molar-refractivity contribution >= 4 is 5.96 Å². The number of hydrogen-bond acceptors (Lipinski definition) is 2. The molecule has 1 aromatic carbocycles. The van der Waals surface area contributed by atoms with Crippen LogP contribution in [0.15, 0.2) is 47.5 Å². The molecule has 0 unspecified atom stereocenters. The highest BCUT2D eigenvalue weighted by atomic mass is 19.1. The predicted molar refractivity (Wildman–Crippen MR) is 91.9 cm³/mol. The molecule has 0 saturated carbocycles. The monoisotopic (exact) mass is 314 g/mol. The lowest BCUT2D eigenvalue weighted by molar-refractivity contribution is 0.606. The second-order valence-corrected chi connectivity index (χ2v) is 5.23. The van der Waals surface area contributed by atoms with Gasteiger partial charge in [0, 0.05) is 18.8 Å². The van der Waals surface area contributed by atoms with Gasteiger partial charge >= 0.3 is 0 Å². The summed E-state index contributed by atoms with van der Waals surface area (Å²) in [4.78, 5) is 8.95. The minimum absolute atomic E-state index is 0.166. The first kappa shape index (κ1) is 16.9. The molecule has 4 nitrogen and oxygen atoms in total. The van der Waals surface area contributed by atoms with Gasteiger partial charge in [-0.05, 0) is 44.0 Å². The van der Waals surface area contributed by atoms with Gasteiger partial charge in [0.1, 0.15) is 5.82 Å². The highest BCUT2D eigenvalue weighted by Gasteiger charge is 2.02. The summed E-state index contributed by atoms with van der Waals surface area (Å²) in [6.45, 7) is 5.88. The van der Waals surface area contributed by atoms with Crippen LogP contribution in [0.25, 0.3) is 0 Å². The average Bonchev–Trinajstić information content (AvgIpc) is 2.54. The molecule has 0 saturated heterocycles. The van der Waals surface area contributed by atoms with Crippen molar-refractivity contribution in [2.75, 3.05) is 13.1 Å². The Kier molecular flexibility index (Phi) is 6.54. The maximum atomic E-state index is 13.6. The highest BCUT2D eigenvalue weighted by molar-refractivity contribution is 5.79. The van der Waals surface area contributed by atoms with Crippen LogP contribution in [-0.4, -0.2) is 24.0 Å². The summed E-state index contributed by atoms with van der Waals surface area (Å²) in [6, 6.07) is 12.7. The Morgan fingerprint density at radius 3 is 2.70 bits per heavy atom. The topological polar surface area (TPSA) is 49.3 Å². The Balaban J connectivity index is 1.90. The number of nitrogens with zero attached hydrogens (tertiary/aromatic N) is 2. The fourth-order valence-electron chi connectivity index (χ4n) is 2.21. The van der Waals surface area contributed by atoms with Crippen LogP contribution in [0.4, 0.5) is 4.39 Å². The quantitative estimate of drug-likeness (QED) is 0.637. The van der Waals surface area contributed by atoms with E-state index >= 15 is 0 Å². The molecule has 5 heteroatoms. The smallest absolute Gasteiger partial charge is 0.191 e. The van der Waals surface area contributed by atoms with E-state index in [1.54, 1.807) is 12.1 Å². The number of nitrogens with one attached hydrogen (secondary N) is 2. The summed E-state index contributed by atoms with van der Waals surface area (Å²) in [5.41, 5.74) is 2.61. The highest BCUT2D eigenvalue weighted by Crippen LogP contribution is 2.06. The number of hydrogen-bond donors (Lipinski definition) is 2. The van der Waals surface area contributed by atoms with Crippen LogP contribution in [0.1, 0.15) is 23.9 Å². The van der Waals surface area contributed by atoms with Crippen LogP contribution >= 0.6 is 0 Å². The van der Waals surface area contributed by atoms with Crippen molar-refractivity contribution in [3.63, 3.8) is 0 Å². The zero-order valence-corrected chi connectivity index (χ0v) is 13.6. The van der Waals surface area contributed by atoms with Gasteiger partial charge in [0.25, 0.3) is 0 Å². The number of aryl methyl sites for hydroxylation is 1. The molecule has 0 spiro atoms. The Bertz CT molecular complexity index is 655. The number of pyridine rings is 1. The van der Waals surface area contributed by atoms with E-state index in [9.17, 15) is 4.39 Å². The zero-order valence-electron chi connectivity index (χ0n) is 13.6. The van der Waals surface area contributed by atoms with Crippen molar-refractivity contribution in [2.24, 2.45) is 4.99 Å². The number of aliphatic imine (C=N–C) groups is 1. The first-order valence-electron chi connectivity index (χ1n) is 7.87. The molecule has 0 aliphatic rings. The second kappa shape index (κ2) is 8.88. The molecule has 2 rings (SSSR count). The molecule has 0 radical (unpaired) electrons. The Morgan fingerprint density at radius 2 is 1.96 bits per heavy atom. The molecule has 2 N–H and O–H groups in total. The number of aromatic nitrogens is 1. The van der Waals surface area contributed by atoms with Gasteiger partial charge in [-0.1, -0.05) is 24.3 Å². The van der Waals surface area contributed by atoms with Crippen LogP contribution in [0.3, 0.4) is 0 Å². The SMILES string of the molecule is CCNC(=NCc1cccc(C)n1)NCCc1ccccc1F. The minimum atomic E-state index is -0.166. The number of rotatable bonds is 6. The molecule has 2 aromatic rings. The van der Waals surface area contributed by atoms with Crippen molar-refractivity contribution in [3.8, 4) is 0 Å². The lowest BCUT2D eigenvalue weighted by atomic mass is 10.1. The van der Waals surface area contributed by atoms with Gasteiger partial charge in [-0.2, -0.15) is 0 Å². The predicted octanol–water partition coefficient (Wildman–Crippen LogP) is 2.83. The van der Waals surface area contributed by atoms with Gasteiger partial charge < -0.3 is 10.6 Å². The summed E-state index contributed by atoms with van der Waals surface area (Å²) in [7, 11) is 0. The molecule has 0 fully saturated rings. The number of benzene rings is 1. The van der Waals surface area contributed by atoms with Gasteiger partial charge in [0.05, 0.1) is 12.2 Å². The van der Waals surface area contributed by atoms with Crippen molar-refractivity contribution in [2.45, 2.75) is 26.8 Å². The third kappa shape index (κ3) is 5.70. The largest absolute Gasteiger partial charge is 0.357 e. The third-order valence-corrected chi connectivity index (χ3v) is 3.33. The van der Waals surface area contributed by atoms with E-state index in [4.69, 9.17) is 0 Å². The summed E-state index contributed by atoms with van der Waals surface area (Å²) in [5.74, 6) is 0.548. The summed E-state index contributed by atoms with van der Waals surface area (Å²) in [6.07, 6.45) is 0.611. The fourth-order valence-corrected chi connectivity index (χ4v) is 2.21. The molecule has 0 atom stereocenters. The van der Waals surface area contributed by atoms with Gasteiger partial charge in [-0.3, -0.25) is 4.98 Å². The zero-order chi connectivity index (χ0) is 16.5. The first-order valence-corrected chi connectivity index (χ1v) is 7.87. The van der Waals surface area contributed by atoms with Crippen LogP contribution in [0.5, 0.6) is 0 Å². The summed E-state index contributed by atoms with van der Waals surface area (Å²) in [5, 5.41) is 6.41. The van der Waals surface area contributed by atoms with Crippen molar-refractivity contribution in [1.82, 2.24) is 15.6 Å². The second-order valence-electron chi connectivity index (χ2n) is 5.23. The standard InChI is InChI=1S/C18H23FN4/c1-3-20-18(22-13-16-9-6-7-14(2)23-16)21-12-11-15-8-4-5-10-17(15)19/h4-10H,3,11-13H2,1-2H3,(H2,20,21,22). The van der Waals surface area contributed by atoms with E-state index < -0.39 is 0 Å². The van der Waals surface area contributed by atoms with Gasteiger partial charge in [0.15, 0.2) is 5.96 Å². The maximum Gasteiger partial charge on any atom is 0.191 e. The van der Waals surface area contributed by atoms with Crippen molar-refractivity contribution in [3.05, 3.63) is 65.2 Å². The van der Waals surface area contributed by atoms with E-state index in [1.807, 2.05) is 38.1 Å². The molecule has 0 aliphatic carbocycles. The van der Waals surface area contributed by atoms with E-state index in [0.29, 0.717) is 31.0 Å². The summed E-state index contributed by atoms with van der Waals surface area (Å²) >= 11 is 0. The molecule has 23 heavy (non-hydrogen) atoms. The molecular weight excluding hydrogens is 291 g/mol. The van der Waals surface area contributed by atoms with E-state index in [0.717, 1.165) is 17.9 Å². The molecular formula is C18H23FN4. The molecule has 1 aromatic heterocycles. The van der Waals surface area contributed by atoms with Crippen LogP contribution in [0.2, 0.25) is 0 Å². The third-order valence-electron chi connectivity index (χ3n) is 3.33. The van der Waals surface area contributed by atoms with E-state index in [1.165, 1.54) is 6.07 Å². The normalized spacial score (nSPS) is 11.3. The van der Waals surface area contributed by atoms with Crippen LogP contribution in [-0.2, 0) is 13.0 Å². The molecule has 1 heterocycles. The van der Waals surface area contributed by atoms with Gasteiger partial charge in [-0.15, -0.1) is 0 Å². The number of guanidine groups is 1. The Morgan fingerprint density at radius 1 is 1.13 bits per heavy atom. The first-order chi connectivity index (χ1) is 11.2. The maximum absolute atomic E-state index is 13.6. The van der Waals surface area contributed by atoms with Crippen LogP contribution in [0, 0.1) is 12.7 Å². The van der Waals surface area contributed by atoms with Crippen LogP contribution < -0.4 is 10.6 Å².